The van der Waals surface area contributed by atoms with E-state index in [0.29, 0.717) is 17.6 Å². The average Bonchev–Trinajstić information content (AvgIpc) is 2.65. The van der Waals surface area contributed by atoms with Crippen molar-refractivity contribution in [2.45, 2.75) is 32.7 Å². The molecule has 0 spiro atoms. The first-order valence-corrected chi connectivity index (χ1v) is 6.00. The number of aromatic nitrogens is 1. The molecule has 1 aromatic carbocycles. The summed E-state index contributed by atoms with van der Waals surface area (Å²) in [5, 5.41) is 8.94. The van der Waals surface area contributed by atoms with Gasteiger partial charge in [-0.3, -0.25) is 4.57 Å². The molecule has 1 heterocycles. The Bertz CT molecular complexity index is 623. The van der Waals surface area contributed by atoms with Crippen LogP contribution in [0.1, 0.15) is 36.5 Å². The average molecular weight is 249 g/mol. The molecule has 0 amide bonds. The zero-order chi connectivity index (χ0) is 13.1. The molecule has 0 fully saturated rings. The van der Waals surface area contributed by atoms with Gasteiger partial charge in [-0.05, 0) is 24.6 Å². The SMILES string of the molecule is CCCCCn1c(=O)oc2ccc(C(=O)O)cc21. The highest BCUT2D eigenvalue weighted by Crippen LogP contribution is 2.16. The van der Waals surface area contributed by atoms with Crippen LogP contribution in [0.15, 0.2) is 27.4 Å². The number of fused-ring (bicyclic) bond motifs is 1. The van der Waals surface area contributed by atoms with Crippen molar-refractivity contribution < 1.29 is 14.3 Å². The van der Waals surface area contributed by atoms with E-state index in [1.54, 1.807) is 0 Å². The maximum atomic E-state index is 11.7. The van der Waals surface area contributed by atoms with E-state index >= 15 is 0 Å². The fourth-order valence-corrected chi connectivity index (χ4v) is 1.93. The van der Waals surface area contributed by atoms with Crippen molar-refractivity contribution in [1.29, 1.82) is 0 Å². The minimum absolute atomic E-state index is 0.160. The van der Waals surface area contributed by atoms with Gasteiger partial charge in [-0.2, -0.15) is 0 Å². The lowest BCUT2D eigenvalue weighted by Gasteiger charge is -2.01. The largest absolute Gasteiger partial charge is 0.478 e. The maximum absolute atomic E-state index is 11.7. The van der Waals surface area contributed by atoms with E-state index in [1.807, 2.05) is 0 Å². The second kappa shape index (κ2) is 5.08. The smallest absolute Gasteiger partial charge is 0.419 e. The summed E-state index contributed by atoms with van der Waals surface area (Å²) in [6, 6.07) is 4.44. The fraction of sp³-hybridized carbons (Fsp3) is 0.385. The molecule has 2 aromatic rings. The Morgan fingerprint density at radius 2 is 2.17 bits per heavy atom. The van der Waals surface area contributed by atoms with E-state index < -0.39 is 11.7 Å². The van der Waals surface area contributed by atoms with Crippen LogP contribution in [-0.4, -0.2) is 15.6 Å². The van der Waals surface area contributed by atoms with Gasteiger partial charge < -0.3 is 9.52 Å². The second-order valence-corrected chi connectivity index (χ2v) is 4.21. The number of rotatable bonds is 5. The lowest BCUT2D eigenvalue weighted by molar-refractivity contribution is 0.0697. The van der Waals surface area contributed by atoms with Crippen LogP contribution in [0.4, 0.5) is 0 Å². The summed E-state index contributed by atoms with van der Waals surface area (Å²) in [5.74, 6) is -1.44. The van der Waals surface area contributed by atoms with Crippen molar-refractivity contribution in [2.24, 2.45) is 0 Å². The number of hydrogen-bond donors (Lipinski definition) is 1. The fourth-order valence-electron chi connectivity index (χ4n) is 1.93. The number of benzene rings is 1. The van der Waals surface area contributed by atoms with Crippen LogP contribution < -0.4 is 5.76 Å². The van der Waals surface area contributed by atoms with E-state index in [9.17, 15) is 9.59 Å². The quantitative estimate of drug-likeness (QED) is 0.826. The van der Waals surface area contributed by atoms with Crippen LogP contribution in [0, 0.1) is 0 Å². The first kappa shape index (κ1) is 12.4. The number of aryl methyl sites for hydroxylation is 1. The molecule has 0 unspecified atom stereocenters. The zero-order valence-corrected chi connectivity index (χ0v) is 10.2. The first-order chi connectivity index (χ1) is 8.63. The van der Waals surface area contributed by atoms with Gasteiger partial charge in [-0.15, -0.1) is 0 Å². The molecule has 1 N–H and O–H groups in total. The van der Waals surface area contributed by atoms with Crippen LogP contribution in [0.2, 0.25) is 0 Å². The molecular weight excluding hydrogens is 234 g/mol. The summed E-state index contributed by atoms with van der Waals surface area (Å²) >= 11 is 0. The van der Waals surface area contributed by atoms with Crippen molar-refractivity contribution in [2.75, 3.05) is 0 Å². The van der Waals surface area contributed by atoms with Crippen LogP contribution >= 0.6 is 0 Å². The Morgan fingerprint density at radius 3 is 2.83 bits per heavy atom. The lowest BCUT2D eigenvalue weighted by Crippen LogP contribution is -2.14. The number of carbonyl (C=O) groups is 1. The third kappa shape index (κ3) is 2.30. The van der Waals surface area contributed by atoms with Gasteiger partial charge in [0.05, 0.1) is 11.1 Å². The maximum Gasteiger partial charge on any atom is 0.419 e. The molecule has 0 aliphatic rings. The Hall–Kier alpha value is -2.04. The Kier molecular flexibility index (Phi) is 3.50. The monoisotopic (exact) mass is 249 g/mol. The summed E-state index contributed by atoms with van der Waals surface area (Å²) in [6.07, 6.45) is 2.96. The van der Waals surface area contributed by atoms with Gasteiger partial charge in [0.25, 0.3) is 0 Å². The number of carboxylic acids is 1. The van der Waals surface area contributed by atoms with Crippen molar-refractivity contribution in [3.05, 3.63) is 34.3 Å². The van der Waals surface area contributed by atoms with Gasteiger partial charge in [-0.1, -0.05) is 19.8 Å². The predicted octanol–water partition coefficient (Wildman–Crippen LogP) is 2.48. The molecule has 0 atom stereocenters. The minimum Gasteiger partial charge on any atom is -0.478 e. The summed E-state index contributed by atoms with van der Waals surface area (Å²) in [4.78, 5) is 22.6. The summed E-state index contributed by atoms with van der Waals surface area (Å²) < 4.78 is 6.58. The Morgan fingerprint density at radius 1 is 1.39 bits per heavy atom. The molecule has 96 valence electrons. The van der Waals surface area contributed by atoms with Crippen molar-refractivity contribution in [3.8, 4) is 0 Å². The number of unbranched alkanes of at least 4 members (excludes halogenated alkanes) is 2. The van der Waals surface area contributed by atoms with E-state index in [4.69, 9.17) is 9.52 Å². The van der Waals surface area contributed by atoms with Crippen molar-refractivity contribution >= 4 is 17.1 Å². The second-order valence-electron chi connectivity index (χ2n) is 4.21. The summed E-state index contributed by atoms with van der Waals surface area (Å²) in [6.45, 7) is 2.64. The van der Waals surface area contributed by atoms with Crippen LogP contribution in [0.25, 0.3) is 11.1 Å². The third-order valence-corrected chi connectivity index (χ3v) is 2.90. The zero-order valence-electron chi connectivity index (χ0n) is 10.2. The molecule has 0 bridgehead atoms. The van der Waals surface area contributed by atoms with Crippen LogP contribution in [0.5, 0.6) is 0 Å². The van der Waals surface area contributed by atoms with E-state index in [-0.39, 0.29) is 5.56 Å². The number of carboxylic acid groups (broad SMARTS) is 1. The van der Waals surface area contributed by atoms with Gasteiger partial charge in [-0.25, -0.2) is 9.59 Å². The molecule has 2 rings (SSSR count). The molecule has 5 heteroatoms. The highest BCUT2D eigenvalue weighted by Gasteiger charge is 2.11. The molecule has 18 heavy (non-hydrogen) atoms. The number of aromatic carboxylic acids is 1. The first-order valence-electron chi connectivity index (χ1n) is 6.00. The van der Waals surface area contributed by atoms with Gasteiger partial charge in [0, 0.05) is 6.54 Å². The van der Waals surface area contributed by atoms with Crippen LogP contribution in [-0.2, 0) is 6.54 Å². The summed E-state index contributed by atoms with van der Waals surface area (Å²) in [5.41, 5.74) is 1.14. The highest BCUT2D eigenvalue weighted by molar-refractivity contribution is 5.91. The lowest BCUT2D eigenvalue weighted by atomic mass is 10.2. The van der Waals surface area contributed by atoms with E-state index in [1.165, 1.54) is 22.8 Å². The van der Waals surface area contributed by atoms with Gasteiger partial charge in [0.15, 0.2) is 5.58 Å². The molecule has 0 saturated carbocycles. The minimum atomic E-state index is -1.01. The number of nitrogens with zero attached hydrogens (tertiary/aromatic N) is 1. The number of oxazole rings is 1. The van der Waals surface area contributed by atoms with Gasteiger partial charge in [0.2, 0.25) is 0 Å². The van der Waals surface area contributed by atoms with E-state index in [0.717, 1.165) is 19.3 Å². The topological polar surface area (TPSA) is 72.4 Å². The molecule has 0 saturated heterocycles. The van der Waals surface area contributed by atoms with Gasteiger partial charge >= 0.3 is 11.7 Å². The molecule has 5 nitrogen and oxygen atoms in total. The Balaban J connectivity index is 2.43. The molecule has 0 radical (unpaired) electrons. The highest BCUT2D eigenvalue weighted by atomic mass is 16.4. The van der Waals surface area contributed by atoms with Crippen LogP contribution in [0.3, 0.4) is 0 Å². The molecule has 0 aliphatic heterocycles. The van der Waals surface area contributed by atoms with Crippen molar-refractivity contribution in [1.82, 2.24) is 4.57 Å². The predicted molar refractivity (Wildman–Crippen MR) is 67.0 cm³/mol. The normalized spacial score (nSPS) is 10.9. The third-order valence-electron chi connectivity index (χ3n) is 2.90. The molecular formula is C13H15NO4. The van der Waals surface area contributed by atoms with Crippen molar-refractivity contribution in [3.63, 3.8) is 0 Å². The molecule has 1 aromatic heterocycles. The standard InChI is InChI=1S/C13H15NO4/c1-2-3-4-7-14-10-8-9(12(15)16)5-6-11(10)18-13(14)17/h5-6,8H,2-4,7H2,1H3,(H,15,16). The number of hydrogen-bond acceptors (Lipinski definition) is 3. The Labute approximate surface area is 104 Å². The molecule has 0 aliphatic carbocycles. The van der Waals surface area contributed by atoms with E-state index in [2.05, 4.69) is 6.92 Å². The summed E-state index contributed by atoms with van der Waals surface area (Å²) in [7, 11) is 0. The van der Waals surface area contributed by atoms with Gasteiger partial charge in [0.1, 0.15) is 0 Å².